The highest BCUT2D eigenvalue weighted by molar-refractivity contribution is 6.33. The molecule has 89 valence electrons. The van der Waals surface area contributed by atoms with Gasteiger partial charge in [0.15, 0.2) is 0 Å². The molecule has 0 rings (SSSR count). The van der Waals surface area contributed by atoms with Crippen molar-refractivity contribution in [3.8, 4) is 0 Å². The minimum atomic E-state index is 0.853. The molecule has 0 saturated heterocycles. The van der Waals surface area contributed by atoms with Crippen molar-refractivity contribution in [3.05, 3.63) is 0 Å². The maximum Gasteiger partial charge on any atom is 0.106 e. The monoisotopic (exact) mass is 209 g/mol. The average Bonchev–Trinajstić information content (AvgIpc) is 2.16. The van der Waals surface area contributed by atoms with Crippen molar-refractivity contribution in [2.75, 3.05) is 0 Å². The van der Waals surface area contributed by atoms with Gasteiger partial charge >= 0.3 is 0 Å². The lowest BCUT2D eigenvalue weighted by Crippen LogP contribution is -2.18. The molecule has 0 spiro atoms. The Kier molecular flexibility index (Phi) is 9.34. The highest BCUT2D eigenvalue weighted by atomic mass is 14.2. The van der Waals surface area contributed by atoms with Crippen LogP contribution in [0, 0.1) is 17.8 Å². The molecule has 1 radical (unpaired) electrons. The molecule has 0 saturated carbocycles. The van der Waals surface area contributed by atoms with Crippen molar-refractivity contribution in [2.24, 2.45) is 17.8 Å². The van der Waals surface area contributed by atoms with Crippen LogP contribution in [-0.4, -0.2) is 7.28 Å². The molecule has 1 unspecified atom stereocenters. The zero-order chi connectivity index (χ0) is 11.7. The SMILES string of the molecule is C[B]CC(CC(C)C)C(CCC)CCC. The quantitative estimate of drug-likeness (QED) is 0.467. The number of hydrogen-bond acceptors (Lipinski definition) is 0. The third-order valence-electron chi connectivity index (χ3n) is 3.30. The normalized spacial score (nSPS) is 13.5. The molecular weight excluding hydrogens is 179 g/mol. The lowest BCUT2D eigenvalue weighted by atomic mass is 9.65. The summed E-state index contributed by atoms with van der Waals surface area (Å²) in [6, 6.07) is 0. The van der Waals surface area contributed by atoms with E-state index >= 15 is 0 Å². The van der Waals surface area contributed by atoms with E-state index < -0.39 is 0 Å². The molecule has 0 amide bonds. The summed E-state index contributed by atoms with van der Waals surface area (Å²) in [4.78, 5) is 0. The summed E-state index contributed by atoms with van der Waals surface area (Å²) in [5.74, 6) is 2.76. The molecule has 1 atom stereocenters. The van der Waals surface area contributed by atoms with Crippen LogP contribution in [0.1, 0.15) is 59.8 Å². The van der Waals surface area contributed by atoms with E-state index in [1.54, 1.807) is 0 Å². The summed E-state index contributed by atoms with van der Waals surface area (Å²) in [5, 5.41) is 0. The van der Waals surface area contributed by atoms with E-state index in [1.165, 1.54) is 38.4 Å². The van der Waals surface area contributed by atoms with E-state index in [9.17, 15) is 0 Å². The summed E-state index contributed by atoms with van der Waals surface area (Å²) in [6.07, 6.45) is 8.29. The second-order valence-corrected chi connectivity index (χ2v) is 5.37. The van der Waals surface area contributed by atoms with Crippen LogP contribution in [0.3, 0.4) is 0 Å². The minimum absolute atomic E-state index is 0.853. The van der Waals surface area contributed by atoms with Crippen LogP contribution in [0.25, 0.3) is 0 Å². The van der Waals surface area contributed by atoms with Gasteiger partial charge in [0.2, 0.25) is 0 Å². The lowest BCUT2D eigenvalue weighted by Gasteiger charge is -2.28. The van der Waals surface area contributed by atoms with Crippen LogP contribution in [0.5, 0.6) is 0 Å². The van der Waals surface area contributed by atoms with Crippen molar-refractivity contribution < 1.29 is 0 Å². The molecule has 0 bridgehead atoms. The molecule has 0 aromatic rings. The fourth-order valence-electron chi connectivity index (χ4n) is 2.75. The van der Waals surface area contributed by atoms with Gasteiger partial charge in [-0.15, -0.1) is 0 Å². The minimum Gasteiger partial charge on any atom is -0.0920 e. The van der Waals surface area contributed by atoms with E-state index in [1.807, 2.05) is 0 Å². The van der Waals surface area contributed by atoms with Gasteiger partial charge in [-0.05, 0) is 24.2 Å². The zero-order valence-corrected chi connectivity index (χ0v) is 11.6. The first-order valence-electron chi connectivity index (χ1n) is 6.93. The smallest absolute Gasteiger partial charge is 0.0920 e. The predicted molar refractivity (Wildman–Crippen MR) is 72.7 cm³/mol. The van der Waals surface area contributed by atoms with Gasteiger partial charge in [0, 0.05) is 0 Å². The van der Waals surface area contributed by atoms with Crippen LogP contribution in [0.4, 0.5) is 0 Å². The number of hydrogen-bond donors (Lipinski definition) is 0. The molecular formula is C14H30B. The Morgan fingerprint density at radius 2 is 1.47 bits per heavy atom. The van der Waals surface area contributed by atoms with E-state index in [0.717, 1.165) is 17.8 Å². The molecule has 0 fully saturated rings. The summed E-state index contributed by atoms with van der Waals surface area (Å²) < 4.78 is 0. The van der Waals surface area contributed by atoms with E-state index in [-0.39, 0.29) is 0 Å². The molecule has 0 nitrogen and oxygen atoms in total. The van der Waals surface area contributed by atoms with Crippen molar-refractivity contribution >= 4 is 7.28 Å². The van der Waals surface area contributed by atoms with Gasteiger partial charge in [-0.3, -0.25) is 0 Å². The topological polar surface area (TPSA) is 0 Å². The number of rotatable bonds is 9. The predicted octanol–water partition coefficient (Wildman–Crippen LogP) is 5.04. The highest BCUT2D eigenvalue weighted by Gasteiger charge is 2.20. The van der Waals surface area contributed by atoms with E-state index in [4.69, 9.17) is 0 Å². The molecule has 0 aliphatic heterocycles. The first-order valence-corrected chi connectivity index (χ1v) is 6.93. The zero-order valence-electron chi connectivity index (χ0n) is 11.6. The standard InChI is InChI=1S/C14H30B/c1-6-8-13(9-7-2)14(11-15-5)10-12(3)4/h12-14H,6-11H2,1-5H3. The van der Waals surface area contributed by atoms with Crippen molar-refractivity contribution in [1.29, 1.82) is 0 Å². The molecule has 0 aromatic heterocycles. The van der Waals surface area contributed by atoms with Crippen LogP contribution in [-0.2, 0) is 0 Å². The van der Waals surface area contributed by atoms with Crippen molar-refractivity contribution in [2.45, 2.75) is 72.9 Å². The van der Waals surface area contributed by atoms with Crippen LogP contribution < -0.4 is 0 Å². The van der Waals surface area contributed by atoms with Gasteiger partial charge in [-0.2, -0.15) is 0 Å². The van der Waals surface area contributed by atoms with Crippen LogP contribution in [0.15, 0.2) is 0 Å². The van der Waals surface area contributed by atoms with Crippen molar-refractivity contribution in [1.82, 2.24) is 0 Å². The summed E-state index contributed by atoms with van der Waals surface area (Å²) in [7, 11) is 2.37. The summed E-state index contributed by atoms with van der Waals surface area (Å²) in [6.45, 7) is 11.6. The van der Waals surface area contributed by atoms with Gasteiger partial charge in [0.25, 0.3) is 0 Å². The van der Waals surface area contributed by atoms with Crippen LogP contribution in [0.2, 0.25) is 13.1 Å². The molecule has 1 heteroatoms. The summed E-state index contributed by atoms with van der Waals surface area (Å²) >= 11 is 0. The van der Waals surface area contributed by atoms with Crippen LogP contribution >= 0.6 is 0 Å². The Labute approximate surface area is 98.5 Å². The Morgan fingerprint density at radius 1 is 0.933 bits per heavy atom. The average molecular weight is 209 g/mol. The fraction of sp³-hybridized carbons (Fsp3) is 1.00. The van der Waals surface area contributed by atoms with Crippen molar-refractivity contribution in [3.63, 3.8) is 0 Å². The first kappa shape index (κ1) is 15.1. The maximum absolute atomic E-state index is 2.37. The fourth-order valence-corrected chi connectivity index (χ4v) is 2.75. The molecule has 0 aliphatic rings. The second-order valence-electron chi connectivity index (χ2n) is 5.37. The molecule has 0 heterocycles. The molecule has 0 N–H and O–H groups in total. The van der Waals surface area contributed by atoms with Gasteiger partial charge in [-0.25, -0.2) is 0 Å². The summed E-state index contributed by atoms with van der Waals surface area (Å²) in [5.41, 5.74) is 0. The Bertz CT molecular complexity index is 125. The van der Waals surface area contributed by atoms with Gasteiger partial charge < -0.3 is 0 Å². The maximum atomic E-state index is 2.37. The second kappa shape index (κ2) is 9.30. The van der Waals surface area contributed by atoms with Gasteiger partial charge in [0.05, 0.1) is 0 Å². The van der Waals surface area contributed by atoms with E-state index in [0.29, 0.717) is 0 Å². The molecule has 0 aliphatic carbocycles. The van der Waals surface area contributed by atoms with E-state index in [2.05, 4.69) is 41.8 Å². The molecule has 15 heavy (non-hydrogen) atoms. The molecule has 0 aromatic carbocycles. The lowest BCUT2D eigenvalue weighted by molar-refractivity contribution is 0.268. The Morgan fingerprint density at radius 3 is 1.80 bits per heavy atom. The first-order chi connectivity index (χ1) is 7.15. The van der Waals surface area contributed by atoms with Gasteiger partial charge in [-0.1, -0.05) is 66.5 Å². The third-order valence-corrected chi connectivity index (χ3v) is 3.30. The Balaban J connectivity index is 4.22. The Hall–Kier alpha value is 0.0649. The third kappa shape index (κ3) is 7.03. The highest BCUT2D eigenvalue weighted by Crippen LogP contribution is 2.31. The van der Waals surface area contributed by atoms with Gasteiger partial charge in [0.1, 0.15) is 7.28 Å². The largest absolute Gasteiger partial charge is 0.106 e.